The molecule has 0 saturated heterocycles. The van der Waals surface area contributed by atoms with E-state index in [2.05, 4.69) is 10.6 Å². The van der Waals surface area contributed by atoms with Gasteiger partial charge in [0.25, 0.3) is 0 Å². The van der Waals surface area contributed by atoms with Gasteiger partial charge in [0.1, 0.15) is 0 Å². The number of rotatable bonds is 7. The van der Waals surface area contributed by atoms with Crippen molar-refractivity contribution in [2.75, 3.05) is 6.54 Å². The molecule has 0 spiro atoms. The fourth-order valence-electron chi connectivity index (χ4n) is 2.00. The molecule has 1 rings (SSSR count). The number of carbonyl (C=O) groups excluding carboxylic acids is 2. The van der Waals surface area contributed by atoms with Crippen molar-refractivity contribution >= 4 is 24.2 Å². The van der Waals surface area contributed by atoms with E-state index in [4.69, 9.17) is 5.73 Å². The van der Waals surface area contributed by atoms with Gasteiger partial charge >= 0.3 is 6.18 Å². The summed E-state index contributed by atoms with van der Waals surface area (Å²) in [6.07, 6.45) is -5.63. The largest absolute Gasteiger partial charge is 0.391 e. The maximum absolute atomic E-state index is 12.7. The predicted molar refractivity (Wildman–Crippen MR) is 91.1 cm³/mol. The second-order valence-corrected chi connectivity index (χ2v) is 5.84. The van der Waals surface area contributed by atoms with Gasteiger partial charge in [-0.25, -0.2) is 0 Å². The summed E-state index contributed by atoms with van der Waals surface area (Å²) in [7, 11) is 0. The minimum absolute atomic E-state index is 0. The zero-order valence-corrected chi connectivity index (χ0v) is 14.8. The fourth-order valence-corrected chi connectivity index (χ4v) is 2.00. The standard InChI is InChI=1S/C16H22F3N3O2.ClH/c1-10(2)14(20)15(24)21-9-13(23)22-12(8-16(17,18)19)11-6-4-3-5-7-11;/h3-7,10,12,14H,8-9,20H2,1-2H3,(H,21,24)(H,22,23);1H/t12?,14-;/m0./s1. The van der Waals surface area contributed by atoms with Crippen LogP contribution in [-0.2, 0) is 9.59 Å². The maximum Gasteiger partial charge on any atom is 0.391 e. The highest BCUT2D eigenvalue weighted by Crippen LogP contribution is 2.29. The van der Waals surface area contributed by atoms with Crippen molar-refractivity contribution in [3.63, 3.8) is 0 Å². The van der Waals surface area contributed by atoms with Crippen LogP contribution in [0.25, 0.3) is 0 Å². The van der Waals surface area contributed by atoms with E-state index in [-0.39, 0.29) is 18.3 Å². The molecular formula is C16H23ClF3N3O2. The van der Waals surface area contributed by atoms with Crippen LogP contribution in [0.2, 0.25) is 0 Å². The Morgan fingerprint density at radius 1 is 1.16 bits per heavy atom. The molecule has 0 aliphatic carbocycles. The first-order chi connectivity index (χ1) is 11.1. The van der Waals surface area contributed by atoms with Gasteiger partial charge < -0.3 is 16.4 Å². The molecule has 9 heteroatoms. The normalized spacial score (nSPS) is 13.6. The van der Waals surface area contributed by atoms with E-state index < -0.39 is 43.0 Å². The smallest absolute Gasteiger partial charge is 0.347 e. The molecule has 1 aromatic rings. The maximum atomic E-state index is 12.7. The molecule has 0 aromatic heterocycles. The fraction of sp³-hybridized carbons (Fsp3) is 0.500. The Morgan fingerprint density at radius 3 is 2.20 bits per heavy atom. The number of carbonyl (C=O) groups is 2. The summed E-state index contributed by atoms with van der Waals surface area (Å²) in [6, 6.07) is 5.87. The molecule has 25 heavy (non-hydrogen) atoms. The third kappa shape index (κ3) is 8.74. The molecule has 0 fully saturated rings. The quantitative estimate of drug-likeness (QED) is 0.677. The van der Waals surface area contributed by atoms with E-state index in [9.17, 15) is 22.8 Å². The van der Waals surface area contributed by atoms with Crippen molar-refractivity contribution in [1.82, 2.24) is 10.6 Å². The average Bonchev–Trinajstić information content (AvgIpc) is 2.50. The number of hydrogen-bond acceptors (Lipinski definition) is 3. The lowest BCUT2D eigenvalue weighted by Gasteiger charge is -2.21. The molecule has 1 aromatic carbocycles. The number of nitrogens with one attached hydrogen (secondary N) is 2. The van der Waals surface area contributed by atoms with Crippen LogP contribution in [-0.4, -0.2) is 30.6 Å². The van der Waals surface area contributed by atoms with Crippen molar-refractivity contribution in [3.8, 4) is 0 Å². The van der Waals surface area contributed by atoms with Gasteiger partial charge in [-0.3, -0.25) is 9.59 Å². The molecule has 0 saturated carbocycles. The van der Waals surface area contributed by atoms with Gasteiger partial charge in [0.2, 0.25) is 11.8 Å². The Bertz CT molecular complexity index is 553. The molecule has 2 atom stereocenters. The SMILES string of the molecule is CC(C)[C@H](N)C(=O)NCC(=O)NC(CC(F)(F)F)c1ccccc1.Cl. The van der Waals surface area contributed by atoms with E-state index in [1.165, 1.54) is 12.1 Å². The number of benzene rings is 1. The Labute approximate surface area is 150 Å². The van der Waals surface area contributed by atoms with Gasteiger partial charge in [-0.1, -0.05) is 44.2 Å². The third-order valence-electron chi connectivity index (χ3n) is 3.42. The third-order valence-corrected chi connectivity index (χ3v) is 3.42. The second kappa shape index (κ2) is 10.2. The van der Waals surface area contributed by atoms with Gasteiger partial charge in [0.15, 0.2) is 0 Å². The Kier molecular flexibility index (Phi) is 9.51. The topological polar surface area (TPSA) is 84.2 Å². The zero-order valence-electron chi connectivity index (χ0n) is 14.0. The Balaban J connectivity index is 0.00000576. The van der Waals surface area contributed by atoms with Crippen LogP contribution in [0.3, 0.4) is 0 Å². The first-order valence-electron chi connectivity index (χ1n) is 7.54. The first kappa shape index (κ1) is 23.2. The molecule has 0 heterocycles. The van der Waals surface area contributed by atoms with Crippen LogP contribution in [0, 0.1) is 5.92 Å². The van der Waals surface area contributed by atoms with Gasteiger partial charge in [0.05, 0.1) is 25.0 Å². The van der Waals surface area contributed by atoms with Gasteiger partial charge in [-0.2, -0.15) is 13.2 Å². The van der Waals surface area contributed by atoms with E-state index in [0.29, 0.717) is 5.56 Å². The van der Waals surface area contributed by atoms with E-state index >= 15 is 0 Å². The number of alkyl halides is 3. The second-order valence-electron chi connectivity index (χ2n) is 5.84. The highest BCUT2D eigenvalue weighted by Gasteiger charge is 2.33. The lowest BCUT2D eigenvalue weighted by Crippen LogP contribution is -2.47. The van der Waals surface area contributed by atoms with Crippen molar-refractivity contribution in [1.29, 1.82) is 0 Å². The van der Waals surface area contributed by atoms with Gasteiger partial charge in [-0.15, -0.1) is 12.4 Å². The van der Waals surface area contributed by atoms with Crippen LogP contribution in [0.5, 0.6) is 0 Å². The van der Waals surface area contributed by atoms with Gasteiger partial charge in [-0.05, 0) is 11.5 Å². The average molecular weight is 382 g/mol. The highest BCUT2D eigenvalue weighted by molar-refractivity contribution is 5.87. The summed E-state index contributed by atoms with van der Waals surface area (Å²) in [6.45, 7) is 3.07. The van der Waals surface area contributed by atoms with Crippen LogP contribution in [0.4, 0.5) is 13.2 Å². The number of amides is 2. The predicted octanol–water partition coefficient (Wildman–Crippen LogP) is 2.32. The van der Waals surface area contributed by atoms with Gasteiger partial charge in [0, 0.05) is 0 Å². The van der Waals surface area contributed by atoms with E-state index in [1.807, 2.05) is 0 Å². The summed E-state index contributed by atoms with van der Waals surface area (Å²) >= 11 is 0. The Morgan fingerprint density at radius 2 is 1.72 bits per heavy atom. The molecule has 0 bridgehead atoms. The Hall–Kier alpha value is -1.80. The van der Waals surface area contributed by atoms with Crippen molar-refractivity contribution in [3.05, 3.63) is 35.9 Å². The van der Waals surface area contributed by atoms with Crippen LogP contribution < -0.4 is 16.4 Å². The summed E-state index contributed by atoms with van der Waals surface area (Å²) < 4.78 is 38.1. The minimum Gasteiger partial charge on any atom is -0.347 e. The minimum atomic E-state index is -4.43. The van der Waals surface area contributed by atoms with Crippen LogP contribution in [0.1, 0.15) is 31.9 Å². The van der Waals surface area contributed by atoms with Crippen molar-refractivity contribution < 1.29 is 22.8 Å². The molecule has 4 N–H and O–H groups in total. The summed E-state index contributed by atoms with van der Waals surface area (Å²) in [5.41, 5.74) is 5.97. The number of hydrogen-bond donors (Lipinski definition) is 3. The van der Waals surface area contributed by atoms with E-state index in [0.717, 1.165) is 0 Å². The first-order valence-corrected chi connectivity index (χ1v) is 7.54. The highest BCUT2D eigenvalue weighted by atomic mass is 35.5. The van der Waals surface area contributed by atoms with Crippen LogP contribution >= 0.6 is 12.4 Å². The molecule has 5 nitrogen and oxygen atoms in total. The molecule has 1 unspecified atom stereocenters. The molecular weight excluding hydrogens is 359 g/mol. The molecule has 0 aliphatic heterocycles. The summed E-state index contributed by atoms with van der Waals surface area (Å²) in [5.74, 6) is -1.35. The van der Waals surface area contributed by atoms with Crippen molar-refractivity contribution in [2.24, 2.45) is 11.7 Å². The van der Waals surface area contributed by atoms with Crippen LogP contribution in [0.15, 0.2) is 30.3 Å². The number of nitrogens with two attached hydrogens (primary N) is 1. The molecule has 2 amide bonds. The summed E-state index contributed by atoms with van der Waals surface area (Å²) in [4.78, 5) is 23.6. The molecule has 142 valence electrons. The van der Waals surface area contributed by atoms with E-state index in [1.54, 1.807) is 32.0 Å². The molecule has 0 radical (unpaired) electrons. The lowest BCUT2D eigenvalue weighted by molar-refractivity contribution is -0.143. The lowest BCUT2D eigenvalue weighted by atomic mass is 10.0. The van der Waals surface area contributed by atoms with Crippen molar-refractivity contribution in [2.45, 2.75) is 38.5 Å². The summed E-state index contributed by atoms with van der Waals surface area (Å²) in [5, 5.41) is 4.62. The number of halogens is 4. The molecule has 0 aliphatic rings. The zero-order chi connectivity index (χ0) is 18.3. The monoisotopic (exact) mass is 381 g/mol.